The van der Waals surface area contributed by atoms with Gasteiger partial charge in [0, 0.05) is 18.8 Å². The predicted molar refractivity (Wildman–Crippen MR) is 82.3 cm³/mol. The van der Waals surface area contributed by atoms with E-state index in [1.165, 1.54) is 0 Å². The smallest absolute Gasteiger partial charge is 0.264 e. The first-order chi connectivity index (χ1) is 10.6. The normalized spacial score (nSPS) is 10.6. The third kappa shape index (κ3) is 2.90. The van der Waals surface area contributed by atoms with Gasteiger partial charge >= 0.3 is 0 Å². The van der Waals surface area contributed by atoms with Crippen molar-refractivity contribution in [2.24, 2.45) is 0 Å². The predicted octanol–water partition coefficient (Wildman–Crippen LogP) is 2.79. The Labute approximate surface area is 127 Å². The first-order valence-corrected chi connectivity index (χ1v) is 6.94. The zero-order chi connectivity index (χ0) is 15.5. The van der Waals surface area contributed by atoms with Crippen LogP contribution in [0.3, 0.4) is 0 Å². The molecular formula is C16H16N4O2. The number of nitrogens with one attached hydrogen (secondary N) is 1. The highest BCUT2D eigenvalue weighted by Crippen LogP contribution is 2.19. The molecule has 1 amide bonds. The van der Waals surface area contributed by atoms with E-state index in [9.17, 15) is 4.79 Å². The van der Waals surface area contributed by atoms with E-state index in [2.05, 4.69) is 15.5 Å². The Morgan fingerprint density at radius 2 is 2.00 bits per heavy atom. The van der Waals surface area contributed by atoms with E-state index in [1.54, 1.807) is 11.5 Å². The number of anilines is 1. The van der Waals surface area contributed by atoms with E-state index in [1.807, 2.05) is 49.5 Å². The van der Waals surface area contributed by atoms with Crippen LogP contribution in [0.5, 0.6) is 0 Å². The lowest BCUT2D eigenvalue weighted by Gasteiger charge is -2.10. The number of benzene rings is 1. The summed E-state index contributed by atoms with van der Waals surface area (Å²) in [5.74, 6) is 0.793. The summed E-state index contributed by atoms with van der Waals surface area (Å²) in [7, 11) is 0. The van der Waals surface area contributed by atoms with Gasteiger partial charge in [-0.25, -0.2) is 0 Å². The summed E-state index contributed by atoms with van der Waals surface area (Å²) in [6.45, 7) is 3.87. The summed E-state index contributed by atoms with van der Waals surface area (Å²) in [6.07, 6.45) is 1.81. The third-order valence-electron chi connectivity index (χ3n) is 3.31. The molecule has 112 valence electrons. The minimum Gasteiger partial charge on any atom is -0.420 e. The molecule has 1 N–H and O–H groups in total. The molecule has 0 saturated heterocycles. The van der Waals surface area contributed by atoms with Crippen LogP contribution >= 0.6 is 0 Å². The van der Waals surface area contributed by atoms with Crippen molar-refractivity contribution in [1.82, 2.24) is 14.8 Å². The average Bonchev–Trinajstić information content (AvgIpc) is 3.10. The van der Waals surface area contributed by atoms with E-state index in [-0.39, 0.29) is 12.5 Å². The van der Waals surface area contributed by atoms with Crippen molar-refractivity contribution in [3.63, 3.8) is 0 Å². The molecule has 0 spiro atoms. The Morgan fingerprint density at radius 1 is 1.18 bits per heavy atom. The fourth-order valence-corrected chi connectivity index (χ4v) is 2.20. The van der Waals surface area contributed by atoms with E-state index >= 15 is 0 Å². The highest BCUT2D eigenvalue weighted by atomic mass is 16.4. The molecule has 3 aromatic rings. The number of hydrogen-bond acceptors (Lipinski definition) is 4. The maximum absolute atomic E-state index is 12.2. The van der Waals surface area contributed by atoms with Gasteiger partial charge < -0.3 is 14.3 Å². The molecule has 0 atom stereocenters. The highest BCUT2D eigenvalue weighted by Gasteiger charge is 2.13. The van der Waals surface area contributed by atoms with Crippen molar-refractivity contribution in [3.05, 3.63) is 54.0 Å². The Bertz CT molecular complexity index is 804. The standard InChI is InChI=1S/C16H16N4O2/c1-11-6-3-4-7-13(11)17-15(21)10-20-9-5-8-14(20)16-19-18-12(2)22-16/h3-9H,10H2,1-2H3,(H,17,21). The second-order valence-corrected chi connectivity index (χ2v) is 5.01. The fraction of sp³-hybridized carbons (Fsp3) is 0.188. The summed E-state index contributed by atoms with van der Waals surface area (Å²) >= 11 is 0. The number of hydrogen-bond donors (Lipinski definition) is 1. The maximum Gasteiger partial charge on any atom is 0.264 e. The molecule has 0 saturated carbocycles. The topological polar surface area (TPSA) is 73.0 Å². The second-order valence-electron chi connectivity index (χ2n) is 5.01. The van der Waals surface area contributed by atoms with Gasteiger partial charge in [-0.1, -0.05) is 18.2 Å². The molecule has 0 aliphatic heterocycles. The van der Waals surface area contributed by atoms with Crippen LogP contribution < -0.4 is 5.32 Å². The molecule has 0 radical (unpaired) electrons. The molecule has 0 aliphatic rings. The zero-order valence-electron chi connectivity index (χ0n) is 12.4. The quantitative estimate of drug-likeness (QED) is 0.803. The highest BCUT2D eigenvalue weighted by molar-refractivity contribution is 5.91. The summed E-state index contributed by atoms with van der Waals surface area (Å²) < 4.78 is 7.19. The Balaban J connectivity index is 1.75. The van der Waals surface area contributed by atoms with Gasteiger partial charge in [0.15, 0.2) is 0 Å². The summed E-state index contributed by atoms with van der Waals surface area (Å²) in [5.41, 5.74) is 2.56. The molecule has 3 rings (SSSR count). The summed E-state index contributed by atoms with van der Waals surface area (Å²) in [5, 5.41) is 10.7. The number of aromatic nitrogens is 3. The van der Waals surface area contributed by atoms with Crippen LogP contribution in [0.25, 0.3) is 11.6 Å². The zero-order valence-corrected chi connectivity index (χ0v) is 12.4. The largest absolute Gasteiger partial charge is 0.420 e. The van der Waals surface area contributed by atoms with Gasteiger partial charge in [-0.15, -0.1) is 10.2 Å². The van der Waals surface area contributed by atoms with E-state index < -0.39 is 0 Å². The Hall–Kier alpha value is -2.89. The number of nitrogens with zero attached hydrogens (tertiary/aromatic N) is 3. The number of carbonyl (C=O) groups excluding carboxylic acids is 1. The number of carbonyl (C=O) groups is 1. The van der Waals surface area contributed by atoms with Crippen molar-refractivity contribution in [1.29, 1.82) is 0 Å². The van der Waals surface area contributed by atoms with Crippen molar-refractivity contribution >= 4 is 11.6 Å². The first kappa shape index (κ1) is 14.1. The third-order valence-corrected chi connectivity index (χ3v) is 3.31. The first-order valence-electron chi connectivity index (χ1n) is 6.94. The Morgan fingerprint density at radius 3 is 2.73 bits per heavy atom. The molecule has 0 aliphatic carbocycles. The minimum atomic E-state index is -0.108. The summed E-state index contributed by atoms with van der Waals surface area (Å²) in [4.78, 5) is 12.2. The van der Waals surface area contributed by atoms with Crippen LogP contribution in [0, 0.1) is 13.8 Å². The second kappa shape index (κ2) is 5.85. The van der Waals surface area contributed by atoms with Crippen LogP contribution in [-0.2, 0) is 11.3 Å². The molecule has 0 unspecified atom stereocenters. The SMILES string of the molecule is Cc1nnc(-c2cccn2CC(=O)Nc2ccccc2C)o1. The Kier molecular flexibility index (Phi) is 3.74. The number of para-hydroxylation sites is 1. The van der Waals surface area contributed by atoms with Crippen LogP contribution in [0.4, 0.5) is 5.69 Å². The van der Waals surface area contributed by atoms with Crippen LogP contribution in [-0.4, -0.2) is 20.7 Å². The van der Waals surface area contributed by atoms with Gasteiger partial charge in [0.25, 0.3) is 5.89 Å². The van der Waals surface area contributed by atoms with Crippen molar-refractivity contribution in [2.45, 2.75) is 20.4 Å². The molecule has 2 heterocycles. The van der Waals surface area contributed by atoms with Crippen LogP contribution in [0.2, 0.25) is 0 Å². The van der Waals surface area contributed by atoms with Gasteiger partial charge in [0.2, 0.25) is 11.8 Å². The monoisotopic (exact) mass is 296 g/mol. The molecule has 6 nitrogen and oxygen atoms in total. The van der Waals surface area contributed by atoms with Crippen molar-refractivity contribution in [3.8, 4) is 11.6 Å². The van der Waals surface area contributed by atoms with E-state index in [4.69, 9.17) is 4.42 Å². The minimum absolute atomic E-state index is 0.108. The van der Waals surface area contributed by atoms with Gasteiger partial charge in [-0.2, -0.15) is 0 Å². The van der Waals surface area contributed by atoms with Crippen LogP contribution in [0.1, 0.15) is 11.5 Å². The lowest BCUT2D eigenvalue weighted by atomic mass is 10.2. The molecule has 0 fully saturated rings. The van der Waals surface area contributed by atoms with Gasteiger partial charge in [-0.05, 0) is 30.7 Å². The van der Waals surface area contributed by atoms with Crippen LogP contribution in [0.15, 0.2) is 47.0 Å². The lowest BCUT2D eigenvalue weighted by Crippen LogP contribution is -2.19. The van der Waals surface area contributed by atoms with Gasteiger partial charge in [0.05, 0.1) is 0 Å². The molecule has 1 aromatic carbocycles. The number of amides is 1. The number of rotatable bonds is 4. The van der Waals surface area contributed by atoms with Gasteiger partial charge in [0.1, 0.15) is 12.2 Å². The van der Waals surface area contributed by atoms with Crippen molar-refractivity contribution < 1.29 is 9.21 Å². The van der Waals surface area contributed by atoms with Crippen molar-refractivity contribution in [2.75, 3.05) is 5.32 Å². The van der Waals surface area contributed by atoms with E-state index in [0.29, 0.717) is 11.8 Å². The molecule has 6 heteroatoms. The fourth-order valence-electron chi connectivity index (χ4n) is 2.20. The van der Waals surface area contributed by atoms with E-state index in [0.717, 1.165) is 16.9 Å². The average molecular weight is 296 g/mol. The lowest BCUT2D eigenvalue weighted by molar-refractivity contribution is -0.116. The molecular weight excluding hydrogens is 280 g/mol. The maximum atomic E-state index is 12.2. The molecule has 0 bridgehead atoms. The molecule has 2 aromatic heterocycles. The summed E-state index contributed by atoms with van der Waals surface area (Å²) in [6, 6.07) is 11.4. The van der Waals surface area contributed by atoms with Gasteiger partial charge in [-0.3, -0.25) is 4.79 Å². The molecule has 22 heavy (non-hydrogen) atoms. The number of aryl methyl sites for hydroxylation is 2.